The number of carbonyl (C=O) groups excluding carboxylic acids is 1. The van der Waals surface area contributed by atoms with Gasteiger partial charge in [-0.15, -0.1) is 12.4 Å². The lowest BCUT2D eigenvalue weighted by atomic mass is 10.0. The third-order valence-corrected chi connectivity index (χ3v) is 3.48. The van der Waals surface area contributed by atoms with Crippen molar-refractivity contribution in [2.45, 2.75) is 38.8 Å². The smallest absolute Gasteiger partial charge is 0.325 e. The maximum absolute atomic E-state index is 11.7. The molecule has 0 aromatic heterocycles. The van der Waals surface area contributed by atoms with Gasteiger partial charge < -0.3 is 10.5 Å². The highest BCUT2D eigenvalue weighted by molar-refractivity contribution is 5.85. The number of carbonyl (C=O) groups is 1. The molecule has 1 fully saturated rings. The molecular weight excluding hydrogens is 266 g/mol. The molecule has 1 saturated heterocycles. The van der Waals surface area contributed by atoms with E-state index in [1.807, 2.05) is 27.7 Å². The molecule has 114 valence electrons. The minimum Gasteiger partial charge on any atom is -0.468 e. The first-order chi connectivity index (χ1) is 8.16. The Labute approximate surface area is 122 Å². The van der Waals surface area contributed by atoms with Crippen LogP contribution in [-0.4, -0.2) is 66.7 Å². The molecule has 0 saturated carbocycles. The van der Waals surface area contributed by atoms with Crippen molar-refractivity contribution in [3.8, 4) is 0 Å². The fourth-order valence-electron chi connectivity index (χ4n) is 2.42. The van der Waals surface area contributed by atoms with E-state index >= 15 is 0 Å². The van der Waals surface area contributed by atoms with Crippen LogP contribution in [0.5, 0.6) is 0 Å². The van der Waals surface area contributed by atoms with Gasteiger partial charge in [-0.2, -0.15) is 0 Å². The van der Waals surface area contributed by atoms with E-state index in [1.165, 1.54) is 7.11 Å². The third kappa shape index (κ3) is 5.26. The monoisotopic (exact) mass is 293 g/mol. The van der Waals surface area contributed by atoms with Crippen LogP contribution in [0.1, 0.15) is 27.7 Å². The number of ether oxygens (including phenoxy) is 1. The molecule has 6 heteroatoms. The third-order valence-electron chi connectivity index (χ3n) is 3.48. The first-order valence-corrected chi connectivity index (χ1v) is 6.51. The summed E-state index contributed by atoms with van der Waals surface area (Å²) >= 11 is 0. The number of piperazine rings is 1. The summed E-state index contributed by atoms with van der Waals surface area (Å²) in [5, 5.41) is 0. The summed E-state index contributed by atoms with van der Waals surface area (Å²) in [6.07, 6.45) is 0. The van der Waals surface area contributed by atoms with Crippen LogP contribution >= 0.6 is 12.4 Å². The summed E-state index contributed by atoms with van der Waals surface area (Å²) < 4.78 is 4.86. The summed E-state index contributed by atoms with van der Waals surface area (Å²) in [6, 6.07) is 0. The van der Waals surface area contributed by atoms with Crippen LogP contribution in [0.4, 0.5) is 0 Å². The number of nitrogens with zero attached hydrogens (tertiary/aromatic N) is 2. The predicted molar refractivity (Wildman–Crippen MR) is 79.6 cm³/mol. The molecule has 0 aromatic rings. The van der Waals surface area contributed by atoms with Crippen molar-refractivity contribution in [1.29, 1.82) is 0 Å². The summed E-state index contributed by atoms with van der Waals surface area (Å²) in [4.78, 5) is 16.3. The highest BCUT2D eigenvalue weighted by Crippen LogP contribution is 2.19. The van der Waals surface area contributed by atoms with Crippen LogP contribution < -0.4 is 5.73 Å². The molecule has 0 spiro atoms. The van der Waals surface area contributed by atoms with Crippen LogP contribution in [0, 0.1) is 0 Å². The lowest BCUT2D eigenvalue weighted by molar-refractivity contribution is -0.154. The second-order valence-corrected chi connectivity index (χ2v) is 6.30. The minimum absolute atomic E-state index is 0. The number of methoxy groups -OCH3 is 1. The van der Waals surface area contributed by atoms with Crippen molar-refractivity contribution in [3.63, 3.8) is 0 Å². The van der Waals surface area contributed by atoms with Gasteiger partial charge >= 0.3 is 5.97 Å². The molecule has 1 aliphatic heterocycles. The van der Waals surface area contributed by atoms with Crippen LogP contribution in [0.3, 0.4) is 0 Å². The van der Waals surface area contributed by atoms with Crippen molar-refractivity contribution in [2.24, 2.45) is 5.73 Å². The average molecular weight is 294 g/mol. The number of hydrogen-bond acceptors (Lipinski definition) is 5. The Morgan fingerprint density at radius 1 is 1.16 bits per heavy atom. The first kappa shape index (κ1) is 18.6. The van der Waals surface area contributed by atoms with Gasteiger partial charge in [0, 0.05) is 38.3 Å². The molecule has 1 heterocycles. The van der Waals surface area contributed by atoms with Crippen molar-refractivity contribution in [1.82, 2.24) is 9.80 Å². The highest BCUT2D eigenvalue weighted by atomic mass is 35.5. The summed E-state index contributed by atoms with van der Waals surface area (Å²) in [5.41, 5.74) is 5.32. The van der Waals surface area contributed by atoms with Crippen LogP contribution in [0.2, 0.25) is 0 Å². The fraction of sp³-hybridized carbons (Fsp3) is 0.923. The molecule has 0 aromatic carbocycles. The second kappa shape index (κ2) is 6.88. The molecule has 0 atom stereocenters. The quantitative estimate of drug-likeness (QED) is 0.774. The van der Waals surface area contributed by atoms with Gasteiger partial charge in [0.1, 0.15) is 5.54 Å². The van der Waals surface area contributed by atoms with Crippen LogP contribution in [0.15, 0.2) is 0 Å². The Kier molecular flexibility index (Phi) is 6.75. The topological polar surface area (TPSA) is 58.8 Å². The Balaban J connectivity index is 0.00000324. The van der Waals surface area contributed by atoms with Gasteiger partial charge in [0.15, 0.2) is 0 Å². The number of esters is 1. The Morgan fingerprint density at radius 3 is 2.00 bits per heavy atom. The largest absolute Gasteiger partial charge is 0.468 e. The van der Waals surface area contributed by atoms with Gasteiger partial charge in [0.2, 0.25) is 0 Å². The Bertz CT molecular complexity index is 295. The number of nitrogens with two attached hydrogens (primary N) is 1. The van der Waals surface area contributed by atoms with Crippen LogP contribution in [-0.2, 0) is 9.53 Å². The van der Waals surface area contributed by atoms with Crippen molar-refractivity contribution < 1.29 is 9.53 Å². The lowest BCUT2D eigenvalue weighted by Gasteiger charge is -2.43. The van der Waals surface area contributed by atoms with Gasteiger partial charge in [-0.1, -0.05) is 0 Å². The van der Waals surface area contributed by atoms with Gasteiger partial charge in [0.05, 0.1) is 7.11 Å². The Morgan fingerprint density at radius 2 is 1.63 bits per heavy atom. The normalized spacial score (nSPS) is 18.8. The van der Waals surface area contributed by atoms with E-state index in [9.17, 15) is 4.79 Å². The average Bonchev–Trinajstić information content (AvgIpc) is 2.26. The molecule has 0 aliphatic carbocycles. The molecule has 0 amide bonds. The van der Waals surface area contributed by atoms with Gasteiger partial charge in [-0.05, 0) is 27.7 Å². The van der Waals surface area contributed by atoms with E-state index in [2.05, 4.69) is 9.80 Å². The molecule has 1 rings (SSSR count). The molecule has 0 unspecified atom stereocenters. The summed E-state index contributed by atoms with van der Waals surface area (Å²) in [6.45, 7) is 12.4. The minimum atomic E-state index is -0.543. The predicted octanol–water partition coefficient (Wildman–Crippen LogP) is 0.715. The second-order valence-electron chi connectivity index (χ2n) is 6.30. The van der Waals surface area contributed by atoms with Crippen molar-refractivity contribution in [2.75, 3.05) is 39.8 Å². The van der Waals surface area contributed by atoms with Crippen molar-refractivity contribution >= 4 is 18.4 Å². The van der Waals surface area contributed by atoms with Crippen LogP contribution in [0.25, 0.3) is 0 Å². The first-order valence-electron chi connectivity index (χ1n) is 6.51. The fourth-order valence-corrected chi connectivity index (χ4v) is 2.42. The summed E-state index contributed by atoms with van der Waals surface area (Å²) in [7, 11) is 1.44. The Hall–Kier alpha value is -0.360. The van der Waals surface area contributed by atoms with E-state index in [1.54, 1.807) is 0 Å². The van der Waals surface area contributed by atoms with E-state index in [0.717, 1.165) is 32.7 Å². The zero-order chi connectivity index (χ0) is 14.0. The van der Waals surface area contributed by atoms with Gasteiger partial charge in [-0.25, -0.2) is 0 Å². The lowest BCUT2D eigenvalue weighted by Crippen LogP contribution is -2.60. The molecule has 5 nitrogen and oxygen atoms in total. The molecule has 0 radical (unpaired) electrons. The number of hydrogen-bond donors (Lipinski definition) is 1. The van der Waals surface area contributed by atoms with E-state index in [0.29, 0.717) is 0 Å². The SMILES string of the molecule is COC(=O)C(C)(C)N1CCN(CC(C)(C)N)CC1.Cl. The maximum Gasteiger partial charge on any atom is 0.325 e. The maximum atomic E-state index is 11.7. The standard InChI is InChI=1S/C13H27N3O2.ClH/c1-12(2,14)10-15-6-8-16(9-7-15)13(3,4)11(17)18-5;/h6-10,14H2,1-5H3;1H. The van der Waals surface area contributed by atoms with E-state index in [4.69, 9.17) is 10.5 Å². The molecule has 0 bridgehead atoms. The van der Waals surface area contributed by atoms with E-state index < -0.39 is 5.54 Å². The van der Waals surface area contributed by atoms with E-state index in [-0.39, 0.29) is 23.9 Å². The highest BCUT2D eigenvalue weighted by Gasteiger charge is 2.37. The van der Waals surface area contributed by atoms with Gasteiger partial charge in [-0.3, -0.25) is 14.6 Å². The molecule has 1 aliphatic rings. The van der Waals surface area contributed by atoms with Gasteiger partial charge in [0.25, 0.3) is 0 Å². The zero-order valence-corrected chi connectivity index (χ0v) is 13.5. The molecule has 2 N–H and O–H groups in total. The molecule has 19 heavy (non-hydrogen) atoms. The molecular formula is C13H28ClN3O2. The summed E-state index contributed by atoms with van der Waals surface area (Å²) in [5.74, 6) is -0.171. The van der Waals surface area contributed by atoms with Crippen molar-refractivity contribution in [3.05, 3.63) is 0 Å². The zero-order valence-electron chi connectivity index (χ0n) is 12.7. The number of halogens is 1. The number of rotatable bonds is 4.